The van der Waals surface area contributed by atoms with Gasteiger partial charge in [-0.3, -0.25) is 4.79 Å². The Labute approximate surface area is 230 Å². The maximum Gasteiger partial charge on any atom is 0.408 e. The van der Waals surface area contributed by atoms with Crippen LogP contribution in [0.2, 0.25) is 5.02 Å². The summed E-state index contributed by atoms with van der Waals surface area (Å²) in [4.78, 5) is 29.8. The summed E-state index contributed by atoms with van der Waals surface area (Å²) in [5, 5.41) is 10.8. The summed E-state index contributed by atoms with van der Waals surface area (Å²) >= 11 is 6.54. The lowest BCUT2D eigenvalue weighted by molar-refractivity contribution is -0.127. The number of alkyl carbamates (subject to hydrolysis) is 1. The summed E-state index contributed by atoms with van der Waals surface area (Å²) in [5.41, 5.74) is 2.37. The van der Waals surface area contributed by atoms with E-state index < -0.39 is 18.1 Å². The number of fused-ring (bicyclic) bond motifs is 1. The number of imidazole rings is 1. The maximum absolute atomic E-state index is 13.9. The molecule has 5 rings (SSSR count). The number of nitrogens with one attached hydrogen (secondary N) is 2. The normalized spacial score (nSPS) is 22.3. The van der Waals surface area contributed by atoms with E-state index in [1.807, 2.05) is 30.3 Å². The van der Waals surface area contributed by atoms with Crippen molar-refractivity contribution >= 4 is 29.2 Å². The Bertz CT molecular complexity index is 1330. The van der Waals surface area contributed by atoms with Gasteiger partial charge in [-0.25, -0.2) is 23.1 Å². The molecule has 3 atom stereocenters. The fourth-order valence-electron chi connectivity index (χ4n) is 5.47. The highest BCUT2D eigenvalue weighted by Gasteiger charge is 2.39. The summed E-state index contributed by atoms with van der Waals surface area (Å²) in [6, 6.07) is 10.3. The average Bonchev–Trinajstić information content (AvgIpc) is 3.31. The van der Waals surface area contributed by atoms with Crippen molar-refractivity contribution in [3.05, 3.63) is 64.6 Å². The van der Waals surface area contributed by atoms with Crippen molar-refractivity contribution in [1.82, 2.24) is 25.2 Å². The van der Waals surface area contributed by atoms with Gasteiger partial charge in [0.1, 0.15) is 6.61 Å². The van der Waals surface area contributed by atoms with Gasteiger partial charge >= 0.3 is 6.09 Å². The second-order valence-corrected chi connectivity index (χ2v) is 11.2. The third-order valence-electron chi connectivity index (χ3n) is 7.65. The Morgan fingerprint density at radius 3 is 2.77 bits per heavy atom. The van der Waals surface area contributed by atoms with Gasteiger partial charge in [-0.2, -0.15) is 5.10 Å². The molecular weight excluding hydrogens is 528 g/mol. The van der Waals surface area contributed by atoms with Gasteiger partial charge in [-0.1, -0.05) is 48.9 Å². The molecule has 2 amide bonds. The largest absolute Gasteiger partial charge is 0.445 e. The molecule has 3 aromatic rings. The summed E-state index contributed by atoms with van der Waals surface area (Å²) < 4.78 is 34.9. The van der Waals surface area contributed by atoms with Crippen LogP contribution in [0.3, 0.4) is 0 Å². The lowest BCUT2D eigenvalue weighted by Gasteiger charge is -2.33. The fourth-order valence-corrected chi connectivity index (χ4v) is 5.68. The number of carbonyl (C=O) groups is 2. The van der Waals surface area contributed by atoms with Crippen LogP contribution in [-0.4, -0.2) is 39.1 Å². The summed E-state index contributed by atoms with van der Waals surface area (Å²) in [6.07, 6.45) is 2.15. The molecule has 1 aliphatic heterocycles. The van der Waals surface area contributed by atoms with Crippen molar-refractivity contribution in [2.24, 2.45) is 17.8 Å². The van der Waals surface area contributed by atoms with Crippen LogP contribution < -0.4 is 10.6 Å². The first-order valence-corrected chi connectivity index (χ1v) is 13.7. The van der Waals surface area contributed by atoms with Crippen LogP contribution in [0.25, 0.3) is 5.65 Å². The van der Waals surface area contributed by atoms with Crippen molar-refractivity contribution in [3.8, 4) is 0 Å². The fraction of sp³-hybridized carbons (Fsp3) is 0.500. The van der Waals surface area contributed by atoms with E-state index in [9.17, 15) is 18.4 Å². The molecule has 1 unspecified atom stereocenters. The number of nitrogens with zero attached hydrogens (tertiary/aromatic N) is 3. The zero-order valence-corrected chi connectivity index (χ0v) is 22.5. The van der Waals surface area contributed by atoms with E-state index >= 15 is 0 Å². The number of carbonyl (C=O) groups excluding carboxylic acids is 2. The van der Waals surface area contributed by atoms with Crippen molar-refractivity contribution in [2.75, 3.05) is 6.54 Å². The van der Waals surface area contributed by atoms with Crippen LogP contribution in [0.4, 0.5) is 13.6 Å². The average molecular weight is 560 g/mol. The lowest BCUT2D eigenvalue weighted by Crippen LogP contribution is -2.41. The highest BCUT2D eigenvalue weighted by atomic mass is 35.5. The second-order valence-electron chi connectivity index (χ2n) is 10.8. The van der Waals surface area contributed by atoms with E-state index in [2.05, 4.69) is 27.6 Å². The minimum Gasteiger partial charge on any atom is -0.445 e. The number of benzene rings is 1. The Morgan fingerprint density at radius 2 is 2.03 bits per heavy atom. The second kappa shape index (κ2) is 11.5. The van der Waals surface area contributed by atoms with Crippen LogP contribution in [0, 0.1) is 17.8 Å². The monoisotopic (exact) mass is 559 g/mol. The Kier molecular flexibility index (Phi) is 8.02. The highest BCUT2D eigenvalue weighted by molar-refractivity contribution is 6.31. The lowest BCUT2D eigenvalue weighted by atomic mass is 9.81. The molecule has 3 heterocycles. The zero-order chi connectivity index (χ0) is 27.6. The summed E-state index contributed by atoms with van der Waals surface area (Å²) in [5.74, 6) is -2.82. The molecule has 0 radical (unpaired) electrons. The molecule has 2 fully saturated rings. The van der Waals surface area contributed by atoms with Gasteiger partial charge in [0, 0.05) is 37.8 Å². The first kappa shape index (κ1) is 27.3. The zero-order valence-electron chi connectivity index (χ0n) is 21.7. The molecule has 1 aromatic carbocycles. The Balaban J connectivity index is 1.37. The van der Waals surface area contributed by atoms with Gasteiger partial charge in [0.2, 0.25) is 11.8 Å². The number of ether oxygens (including phenoxy) is 1. The van der Waals surface area contributed by atoms with Gasteiger partial charge in [0.15, 0.2) is 5.65 Å². The van der Waals surface area contributed by atoms with Gasteiger partial charge < -0.3 is 15.4 Å². The van der Waals surface area contributed by atoms with Crippen molar-refractivity contribution in [2.45, 2.75) is 64.0 Å². The SMILES string of the molecule is C[C@H]1CNC(=O)C(Cc2nn3cc([C@@H](NC(=O)OCc4ccccc4)C4CCC(F)(F)CC4)nc3cc2Cl)C1. The topological polar surface area (TPSA) is 97.6 Å². The third-order valence-corrected chi connectivity index (χ3v) is 7.98. The molecule has 0 spiro atoms. The van der Waals surface area contributed by atoms with Crippen LogP contribution in [-0.2, 0) is 22.6 Å². The number of rotatable bonds is 7. The predicted molar refractivity (Wildman–Crippen MR) is 141 cm³/mol. The highest BCUT2D eigenvalue weighted by Crippen LogP contribution is 2.41. The Morgan fingerprint density at radius 1 is 1.28 bits per heavy atom. The number of hydrogen-bond acceptors (Lipinski definition) is 5. The van der Waals surface area contributed by atoms with Gasteiger partial charge in [-0.05, 0) is 36.7 Å². The van der Waals surface area contributed by atoms with Gasteiger partial charge in [-0.15, -0.1) is 0 Å². The number of halogens is 3. The number of hydrogen-bond donors (Lipinski definition) is 2. The smallest absolute Gasteiger partial charge is 0.408 e. The van der Waals surface area contributed by atoms with Crippen LogP contribution >= 0.6 is 11.6 Å². The van der Waals surface area contributed by atoms with E-state index in [0.717, 1.165) is 12.0 Å². The standard InChI is InChI=1S/C28H32ClF2N5O3/c1-17-11-20(26(37)32-14-17)12-22-21(29)13-24-33-23(15-36(24)35-22)25(19-7-9-28(30,31)10-8-19)34-27(38)39-16-18-5-3-2-4-6-18/h2-6,13,15,17,19-20,25H,7-12,14,16H2,1H3,(H,32,37)(H,34,38)/t17-,20?,25+/m1/s1. The van der Waals surface area contributed by atoms with Gasteiger partial charge in [0.05, 0.1) is 28.6 Å². The molecular formula is C28H32ClF2N5O3. The van der Waals surface area contributed by atoms with Crippen LogP contribution in [0.15, 0.2) is 42.6 Å². The molecule has 39 heavy (non-hydrogen) atoms. The van der Waals surface area contributed by atoms with E-state index in [-0.39, 0.29) is 50.0 Å². The minimum atomic E-state index is -2.71. The van der Waals surface area contributed by atoms with Crippen LogP contribution in [0.5, 0.6) is 0 Å². The van der Waals surface area contributed by atoms with Crippen LogP contribution in [0.1, 0.15) is 62.0 Å². The number of aromatic nitrogens is 3. The molecule has 2 aliphatic rings. The number of amides is 2. The first-order chi connectivity index (χ1) is 18.7. The van der Waals surface area contributed by atoms with E-state index in [1.165, 1.54) is 0 Å². The molecule has 2 aromatic heterocycles. The number of alkyl halides is 2. The van der Waals surface area contributed by atoms with Crippen molar-refractivity contribution in [3.63, 3.8) is 0 Å². The molecule has 8 nitrogen and oxygen atoms in total. The summed E-state index contributed by atoms with van der Waals surface area (Å²) in [7, 11) is 0. The van der Waals surface area contributed by atoms with Crippen molar-refractivity contribution in [1.29, 1.82) is 0 Å². The molecule has 11 heteroatoms. The number of piperidine rings is 1. The maximum atomic E-state index is 13.9. The third kappa shape index (κ3) is 6.66. The summed E-state index contributed by atoms with van der Waals surface area (Å²) in [6.45, 7) is 2.84. The molecule has 1 saturated carbocycles. The van der Waals surface area contributed by atoms with Crippen molar-refractivity contribution < 1.29 is 23.1 Å². The van der Waals surface area contributed by atoms with Gasteiger partial charge in [0.25, 0.3) is 0 Å². The molecule has 1 aliphatic carbocycles. The first-order valence-electron chi connectivity index (χ1n) is 13.3. The quantitative estimate of drug-likeness (QED) is 0.399. The van der Waals surface area contributed by atoms with E-state index in [0.29, 0.717) is 40.9 Å². The molecule has 1 saturated heterocycles. The van der Waals surface area contributed by atoms with E-state index in [4.69, 9.17) is 16.3 Å². The molecule has 0 bridgehead atoms. The molecule has 2 N–H and O–H groups in total. The minimum absolute atomic E-state index is 0.00948. The molecule has 208 valence electrons. The predicted octanol–water partition coefficient (Wildman–Crippen LogP) is 5.49. The Hall–Kier alpha value is -3.27. The van der Waals surface area contributed by atoms with E-state index in [1.54, 1.807) is 16.8 Å².